The van der Waals surface area contributed by atoms with Crippen molar-refractivity contribution in [3.8, 4) is 0 Å². The van der Waals surface area contributed by atoms with E-state index in [4.69, 9.17) is 11.5 Å². The van der Waals surface area contributed by atoms with Crippen LogP contribution in [0.5, 0.6) is 0 Å². The van der Waals surface area contributed by atoms with E-state index in [9.17, 15) is 17.6 Å². The Labute approximate surface area is 111 Å². The number of amides is 1. The van der Waals surface area contributed by atoms with Gasteiger partial charge in [-0.3, -0.25) is 4.79 Å². The molecule has 1 amide bonds. The number of nitrogen functional groups attached to an aromatic ring is 1. The van der Waals surface area contributed by atoms with Gasteiger partial charge in [-0.25, -0.2) is 12.8 Å². The maximum absolute atomic E-state index is 13.1. The Bertz CT molecular complexity index is 567. The number of benzene rings is 1. The minimum atomic E-state index is -4.07. The molecule has 1 rings (SSSR count). The van der Waals surface area contributed by atoms with Crippen molar-refractivity contribution in [1.82, 2.24) is 4.72 Å². The highest BCUT2D eigenvalue weighted by molar-refractivity contribution is 7.89. The first kappa shape index (κ1) is 15.4. The normalized spacial score (nSPS) is 13.5. The number of carbonyl (C=O) groups excluding carboxylic acids is 1. The van der Waals surface area contributed by atoms with E-state index in [-0.39, 0.29) is 16.5 Å². The summed E-state index contributed by atoms with van der Waals surface area (Å²) in [6.07, 6.45) is 0. The van der Waals surface area contributed by atoms with Crippen LogP contribution in [0, 0.1) is 11.7 Å². The largest absolute Gasteiger partial charge is 0.399 e. The van der Waals surface area contributed by atoms with Gasteiger partial charge >= 0.3 is 0 Å². The summed E-state index contributed by atoms with van der Waals surface area (Å²) in [4.78, 5) is 10.8. The molecule has 5 N–H and O–H groups in total. The van der Waals surface area contributed by atoms with Crippen molar-refractivity contribution >= 4 is 21.6 Å². The van der Waals surface area contributed by atoms with Gasteiger partial charge in [-0.05, 0) is 24.1 Å². The Kier molecular flexibility index (Phi) is 4.48. The molecule has 0 saturated carbocycles. The Morgan fingerprint density at radius 1 is 1.32 bits per heavy atom. The third-order valence-corrected chi connectivity index (χ3v) is 3.88. The monoisotopic (exact) mass is 289 g/mol. The number of primary amides is 1. The third-order valence-electron chi connectivity index (χ3n) is 2.46. The lowest BCUT2D eigenvalue weighted by atomic mass is 10.1. The molecule has 0 aliphatic rings. The van der Waals surface area contributed by atoms with Crippen molar-refractivity contribution in [3.63, 3.8) is 0 Å². The first-order chi connectivity index (χ1) is 8.63. The lowest BCUT2D eigenvalue weighted by molar-refractivity contribution is -0.120. The summed E-state index contributed by atoms with van der Waals surface area (Å²) in [5, 5.41) is 0. The van der Waals surface area contributed by atoms with Gasteiger partial charge in [0.1, 0.15) is 11.9 Å². The molecule has 106 valence electrons. The van der Waals surface area contributed by atoms with Crippen molar-refractivity contribution in [1.29, 1.82) is 0 Å². The second kappa shape index (κ2) is 5.54. The second-order valence-electron chi connectivity index (χ2n) is 4.47. The smallest absolute Gasteiger partial charge is 0.241 e. The quantitative estimate of drug-likeness (QED) is 0.671. The van der Waals surface area contributed by atoms with E-state index in [2.05, 4.69) is 4.72 Å². The van der Waals surface area contributed by atoms with Gasteiger partial charge < -0.3 is 11.5 Å². The molecular formula is C11H16FN3O3S. The molecule has 0 radical (unpaired) electrons. The summed E-state index contributed by atoms with van der Waals surface area (Å²) < 4.78 is 39.3. The number of carbonyl (C=O) groups is 1. The molecule has 0 heterocycles. The van der Waals surface area contributed by atoms with Crippen LogP contribution in [0.3, 0.4) is 0 Å². The van der Waals surface area contributed by atoms with E-state index < -0.39 is 27.8 Å². The molecule has 1 unspecified atom stereocenters. The zero-order chi connectivity index (χ0) is 14.8. The fraction of sp³-hybridized carbons (Fsp3) is 0.364. The Balaban J connectivity index is 3.13. The van der Waals surface area contributed by atoms with Crippen LogP contribution in [0.15, 0.2) is 23.1 Å². The van der Waals surface area contributed by atoms with Gasteiger partial charge in [0.2, 0.25) is 15.9 Å². The van der Waals surface area contributed by atoms with Crippen molar-refractivity contribution < 1.29 is 17.6 Å². The maximum atomic E-state index is 13.1. The molecule has 0 fully saturated rings. The standard InChI is InChI=1S/C11H16FN3O3S/c1-6(2)10(11(14)16)15-19(17,18)9-4-7(12)3-8(13)5-9/h3-6,10,15H,13H2,1-2H3,(H2,14,16). The summed E-state index contributed by atoms with van der Waals surface area (Å²) in [5.41, 5.74) is 10.5. The number of nitrogens with two attached hydrogens (primary N) is 2. The molecule has 19 heavy (non-hydrogen) atoms. The Hall–Kier alpha value is -1.67. The molecule has 0 spiro atoms. The van der Waals surface area contributed by atoms with Crippen LogP contribution >= 0.6 is 0 Å². The van der Waals surface area contributed by atoms with Gasteiger partial charge in [-0.1, -0.05) is 13.8 Å². The van der Waals surface area contributed by atoms with Crippen LogP contribution in [0.2, 0.25) is 0 Å². The average Bonchev–Trinajstić information content (AvgIpc) is 2.23. The van der Waals surface area contributed by atoms with Crippen molar-refractivity contribution in [2.75, 3.05) is 5.73 Å². The maximum Gasteiger partial charge on any atom is 0.241 e. The topological polar surface area (TPSA) is 115 Å². The molecule has 0 bridgehead atoms. The summed E-state index contributed by atoms with van der Waals surface area (Å²) in [5.74, 6) is -1.92. The first-order valence-electron chi connectivity index (χ1n) is 5.51. The average molecular weight is 289 g/mol. The van der Waals surface area contributed by atoms with Crippen LogP contribution in [0.25, 0.3) is 0 Å². The number of hydrogen-bond acceptors (Lipinski definition) is 4. The minimum Gasteiger partial charge on any atom is -0.399 e. The lowest BCUT2D eigenvalue weighted by Gasteiger charge is -2.19. The van der Waals surface area contributed by atoms with E-state index in [1.54, 1.807) is 13.8 Å². The number of halogens is 1. The van der Waals surface area contributed by atoms with E-state index in [1.807, 2.05) is 0 Å². The van der Waals surface area contributed by atoms with Gasteiger partial charge in [-0.2, -0.15) is 4.72 Å². The van der Waals surface area contributed by atoms with Crippen LogP contribution < -0.4 is 16.2 Å². The SMILES string of the molecule is CC(C)C(NS(=O)(=O)c1cc(N)cc(F)c1)C(N)=O. The number of nitrogens with one attached hydrogen (secondary N) is 1. The zero-order valence-corrected chi connectivity index (χ0v) is 11.4. The molecule has 1 atom stereocenters. The van der Waals surface area contributed by atoms with Gasteiger partial charge in [0.15, 0.2) is 0 Å². The molecule has 1 aromatic carbocycles. The second-order valence-corrected chi connectivity index (χ2v) is 6.18. The van der Waals surface area contributed by atoms with Crippen molar-refractivity contribution in [2.45, 2.75) is 24.8 Å². The van der Waals surface area contributed by atoms with Gasteiger partial charge in [0.05, 0.1) is 4.90 Å². The van der Waals surface area contributed by atoms with Gasteiger partial charge in [0, 0.05) is 5.69 Å². The first-order valence-corrected chi connectivity index (χ1v) is 6.99. The van der Waals surface area contributed by atoms with Gasteiger partial charge in [-0.15, -0.1) is 0 Å². The summed E-state index contributed by atoms with van der Waals surface area (Å²) in [6, 6.07) is 1.84. The predicted octanol–water partition coefficient (Wildman–Crippen LogP) is 0.196. The van der Waals surface area contributed by atoms with Crippen molar-refractivity contribution in [3.05, 3.63) is 24.0 Å². The van der Waals surface area contributed by atoms with Crippen molar-refractivity contribution in [2.24, 2.45) is 11.7 Å². The van der Waals surface area contributed by atoms with E-state index in [0.29, 0.717) is 0 Å². The zero-order valence-electron chi connectivity index (χ0n) is 10.6. The van der Waals surface area contributed by atoms with Crippen LogP contribution in [-0.4, -0.2) is 20.4 Å². The fourth-order valence-electron chi connectivity index (χ4n) is 1.50. The molecule has 6 nitrogen and oxygen atoms in total. The summed E-state index contributed by atoms with van der Waals surface area (Å²) >= 11 is 0. The summed E-state index contributed by atoms with van der Waals surface area (Å²) in [6.45, 7) is 3.27. The van der Waals surface area contributed by atoms with E-state index >= 15 is 0 Å². The van der Waals surface area contributed by atoms with E-state index in [1.165, 1.54) is 0 Å². The highest BCUT2D eigenvalue weighted by Gasteiger charge is 2.27. The van der Waals surface area contributed by atoms with Crippen LogP contribution in [0.4, 0.5) is 10.1 Å². The molecule has 0 aliphatic heterocycles. The molecule has 0 saturated heterocycles. The Morgan fingerprint density at radius 2 is 1.89 bits per heavy atom. The Morgan fingerprint density at radius 3 is 2.32 bits per heavy atom. The third kappa shape index (κ3) is 3.90. The molecule has 0 aromatic heterocycles. The predicted molar refractivity (Wildman–Crippen MR) is 69.0 cm³/mol. The number of sulfonamides is 1. The van der Waals surface area contributed by atoms with Crippen LogP contribution in [0.1, 0.15) is 13.8 Å². The lowest BCUT2D eigenvalue weighted by Crippen LogP contribution is -2.47. The molecule has 0 aliphatic carbocycles. The number of rotatable bonds is 5. The highest BCUT2D eigenvalue weighted by atomic mass is 32.2. The minimum absolute atomic E-state index is 0.0273. The molecule has 1 aromatic rings. The van der Waals surface area contributed by atoms with Gasteiger partial charge in [0.25, 0.3) is 0 Å². The van der Waals surface area contributed by atoms with E-state index in [0.717, 1.165) is 18.2 Å². The van der Waals surface area contributed by atoms with Crippen LogP contribution in [-0.2, 0) is 14.8 Å². The summed E-state index contributed by atoms with van der Waals surface area (Å²) in [7, 11) is -4.07. The fourth-order valence-corrected chi connectivity index (χ4v) is 2.92. The highest BCUT2D eigenvalue weighted by Crippen LogP contribution is 2.17. The molecule has 8 heteroatoms. The number of hydrogen-bond donors (Lipinski definition) is 3. The molecular weight excluding hydrogens is 273 g/mol. The number of anilines is 1.